The Hall–Kier alpha value is -0.0800. The van der Waals surface area contributed by atoms with Gasteiger partial charge in [-0.3, -0.25) is 0 Å². The normalized spacial score (nSPS) is 44.7. The molecular weight excluding hydrogens is 392 g/mol. The standard InChI is InChI=1S/C30H54O2/c1-21(2)8-7-9-22(3)26-12-13-27-25-11-10-23-20-24(32-19-18-31-6)14-16-29(23,4)28(25)15-17-30(26,27)5/h21-28H,7-20H2,1-6H3/t22-,23+,24+,25+,26-,27+,28+,29+,30-/m1/s1. The Morgan fingerprint density at radius 1 is 0.812 bits per heavy atom. The smallest absolute Gasteiger partial charge is 0.0704 e. The molecule has 0 heterocycles. The maximum atomic E-state index is 6.20. The minimum absolute atomic E-state index is 0.483. The minimum atomic E-state index is 0.483. The van der Waals surface area contributed by atoms with Gasteiger partial charge in [0.2, 0.25) is 0 Å². The Morgan fingerprint density at radius 2 is 1.56 bits per heavy atom. The quantitative estimate of drug-likeness (QED) is 0.333. The number of hydrogen-bond donors (Lipinski definition) is 0. The third kappa shape index (κ3) is 4.71. The van der Waals surface area contributed by atoms with Crippen molar-refractivity contribution in [1.29, 1.82) is 0 Å². The fourth-order valence-corrected chi connectivity index (χ4v) is 9.69. The van der Waals surface area contributed by atoms with Crippen LogP contribution in [0.5, 0.6) is 0 Å². The molecule has 9 atom stereocenters. The Labute approximate surface area is 200 Å². The van der Waals surface area contributed by atoms with Gasteiger partial charge in [0.05, 0.1) is 19.3 Å². The monoisotopic (exact) mass is 446 g/mol. The SMILES string of the molecule is COCCO[C@H]1CC[C@@]2(C)[C@@H](CC[C@@H]3[C@@H]2CC[C@]2(C)[C@@H]([C@H](C)CCCC(C)C)CC[C@@H]32)C1. The molecule has 0 radical (unpaired) electrons. The van der Waals surface area contributed by atoms with Crippen LogP contribution in [0, 0.1) is 52.3 Å². The molecule has 2 heteroatoms. The van der Waals surface area contributed by atoms with Gasteiger partial charge in [-0.1, -0.05) is 53.9 Å². The highest BCUT2D eigenvalue weighted by Crippen LogP contribution is 2.68. The van der Waals surface area contributed by atoms with Gasteiger partial charge >= 0.3 is 0 Å². The Bertz CT molecular complexity index is 602. The van der Waals surface area contributed by atoms with Crippen LogP contribution in [0.1, 0.15) is 112 Å². The maximum Gasteiger partial charge on any atom is 0.0704 e. The van der Waals surface area contributed by atoms with Crippen molar-refractivity contribution >= 4 is 0 Å². The highest BCUT2D eigenvalue weighted by molar-refractivity contribution is 5.09. The molecule has 186 valence electrons. The fraction of sp³-hybridized carbons (Fsp3) is 1.00. The van der Waals surface area contributed by atoms with Crippen LogP contribution in [0.2, 0.25) is 0 Å². The predicted octanol–water partition coefficient (Wildman–Crippen LogP) is 8.14. The lowest BCUT2D eigenvalue weighted by Gasteiger charge is -2.61. The molecule has 32 heavy (non-hydrogen) atoms. The van der Waals surface area contributed by atoms with E-state index >= 15 is 0 Å². The molecule has 4 aliphatic carbocycles. The fourth-order valence-electron chi connectivity index (χ4n) is 9.69. The Balaban J connectivity index is 1.39. The molecule has 0 saturated heterocycles. The summed E-state index contributed by atoms with van der Waals surface area (Å²) in [5, 5.41) is 0. The van der Waals surface area contributed by atoms with E-state index in [2.05, 4.69) is 34.6 Å². The summed E-state index contributed by atoms with van der Waals surface area (Å²) in [6, 6.07) is 0. The second-order valence-electron chi connectivity index (χ2n) is 13.4. The van der Waals surface area contributed by atoms with E-state index in [-0.39, 0.29) is 0 Å². The molecule has 4 aliphatic rings. The molecular formula is C30H54O2. The number of rotatable bonds is 9. The molecule has 0 amide bonds. The molecule has 0 aromatic carbocycles. The van der Waals surface area contributed by atoms with Crippen LogP contribution < -0.4 is 0 Å². The van der Waals surface area contributed by atoms with Crippen LogP contribution in [0.4, 0.5) is 0 Å². The number of ether oxygens (including phenoxy) is 2. The summed E-state index contributed by atoms with van der Waals surface area (Å²) < 4.78 is 11.4. The van der Waals surface area contributed by atoms with Crippen molar-refractivity contribution in [3.63, 3.8) is 0 Å². The summed E-state index contributed by atoms with van der Waals surface area (Å²) in [5.41, 5.74) is 1.20. The molecule has 4 saturated carbocycles. The molecule has 0 aromatic heterocycles. The average molecular weight is 447 g/mol. The van der Waals surface area contributed by atoms with E-state index in [0.717, 1.165) is 54.6 Å². The third-order valence-corrected chi connectivity index (χ3v) is 11.5. The molecule has 0 aromatic rings. The van der Waals surface area contributed by atoms with Crippen LogP contribution in [0.25, 0.3) is 0 Å². The van der Waals surface area contributed by atoms with Crippen LogP contribution in [-0.2, 0) is 9.47 Å². The topological polar surface area (TPSA) is 18.5 Å². The highest BCUT2D eigenvalue weighted by Gasteiger charge is 2.60. The summed E-state index contributed by atoms with van der Waals surface area (Å²) >= 11 is 0. The van der Waals surface area contributed by atoms with E-state index in [4.69, 9.17) is 9.47 Å². The van der Waals surface area contributed by atoms with E-state index in [9.17, 15) is 0 Å². The summed E-state index contributed by atoms with van der Waals surface area (Å²) in [7, 11) is 1.78. The van der Waals surface area contributed by atoms with Crippen molar-refractivity contribution in [3.8, 4) is 0 Å². The van der Waals surface area contributed by atoms with E-state index in [1.807, 2.05) is 0 Å². The van der Waals surface area contributed by atoms with Crippen LogP contribution >= 0.6 is 0 Å². The third-order valence-electron chi connectivity index (χ3n) is 11.5. The van der Waals surface area contributed by atoms with Crippen molar-refractivity contribution in [2.75, 3.05) is 20.3 Å². The Kier molecular flexibility index (Phi) is 8.03. The highest BCUT2D eigenvalue weighted by atomic mass is 16.5. The van der Waals surface area contributed by atoms with Gasteiger partial charge in [-0.2, -0.15) is 0 Å². The Morgan fingerprint density at radius 3 is 2.31 bits per heavy atom. The molecule has 0 unspecified atom stereocenters. The minimum Gasteiger partial charge on any atom is -0.382 e. The maximum absolute atomic E-state index is 6.20. The van der Waals surface area contributed by atoms with Gasteiger partial charge in [0.25, 0.3) is 0 Å². The zero-order chi connectivity index (χ0) is 22.9. The lowest BCUT2D eigenvalue weighted by Crippen LogP contribution is -2.54. The molecule has 4 fully saturated rings. The lowest BCUT2D eigenvalue weighted by atomic mass is 9.44. The summed E-state index contributed by atoms with van der Waals surface area (Å²) in [4.78, 5) is 0. The number of methoxy groups -OCH3 is 1. The van der Waals surface area contributed by atoms with Crippen molar-refractivity contribution in [3.05, 3.63) is 0 Å². The second-order valence-corrected chi connectivity index (χ2v) is 13.4. The van der Waals surface area contributed by atoms with Gasteiger partial charge in [0.1, 0.15) is 0 Å². The second kappa shape index (κ2) is 10.3. The molecule has 2 nitrogen and oxygen atoms in total. The van der Waals surface area contributed by atoms with Crippen LogP contribution in [0.3, 0.4) is 0 Å². The number of hydrogen-bond acceptors (Lipinski definition) is 2. The van der Waals surface area contributed by atoms with E-state index < -0.39 is 0 Å². The predicted molar refractivity (Wildman–Crippen MR) is 135 cm³/mol. The van der Waals surface area contributed by atoms with Crippen LogP contribution in [-0.4, -0.2) is 26.4 Å². The van der Waals surface area contributed by atoms with Crippen molar-refractivity contribution in [2.24, 2.45) is 52.3 Å². The van der Waals surface area contributed by atoms with Crippen molar-refractivity contribution in [2.45, 2.75) is 118 Å². The van der Waals surface area contributed by atoms with E-state index in [1.54, 1.807) is 7.11 Å². The first kappa shape index (κ1) is 25.0. The molecule has 0 aliphatic heterocycles. The van der Waals surface area contributed by atoms with Gasteiger partial charge < -0.3 is 9.47 Å². The largest absolute Gasteiger partial charge is 0.382 e. The van der Waals surface area contributed by atoms with E-state index in [0.29, 0.717) is 16.9 Å². The van der Waals surface area contributed by atoms with Gasteiger partial charge in [-0.25, -0.2) is 0 Å². The lowest BCUT2D eigenvalue weighted by molar-refractivity contribution is -0.138. The van der Waals surface area contributed by atoms with Crippen molar-refractivity contribution < 1.29 is 9.47 Å². The summed E-state index contributed by atoms with van der Waals surface area (Å²) in [6.45, 7) is 14.3. The zero-order valence-electron chi connectivity index (χ0n) is 22.3. The van der Waals surface area contributed by atoms with Gasteiger partial charge in [0.15, 0.2) is 0 Å². The zero-order valence-corrected chi connectivity index (χ0v) is 22.3. The first-order chi connectivity index (χ1) is 15.3. The van der Waals surface area contributed by atoms with Gasteiger partial charge in [-0.05, 0) is 110 Å². The van der Waals surface area contributed by atoms with Crippen LogP contribution in [0.15, 0.2) is 0 Å². The first-order valence-corrected chi connectivity index (χ1v) is 14.4. The van der Waals surface area contributed by atoms with Gasteiger partial charge in [0, 0.05) is 7.11 Å². The molecule has 0 spiro atoms. The van der Waals surface area contributed by atoms with E-state index in [1.165, 1.54) is 77.0 Å². The first-order valence-electron chi connectivity index (χ1n) is 14.4. The number of fused-ring (bicyclic) bond motifs is 5. The van der Waals surface area contributed by atoms with Gasteiger partial charge in [-0.15, -0.1) is 0 Å². The molecule has 0 N–H and O–H groups in total. The average Bonchev–Trinajstić information content (AvgIpc) is 3.11. The summed E-state index contributed by atoms with van der Waals surface area (Å²) in [6.07, 6.45) is 17.8. The molecule has 4 rings (SSSR count). The van der Waals surface area contributed by atoms with Crippen molar-refractivity contribution in [1.82, 2.24) is 0 Å². The molecule has 0 bridgehead atoms. The summed E-state index contributed by atoms with van der Waals surface area (Å²) in [5.74, 6) is 6.65.